The van der Waals surface area contributed by atoms with E-state index < -0.39 is 0 Å². The lowest BCUT2D eigenvalue weighted by molar-refractivity contribution is -0.190. The number of fused-ring (bicyclic) bond motifs is 1. The average molecular weight is 355 g/mol. The van der Waals surface area contributed by atoms with E-state index in [1.165, 1.54) is 11.1 Å². The first-order chi connectivity index (χ1) is 12.4. The minimum atomic E-state index is -0.328. The number of Topliss-reactive ketones (excluding diaryl/α,β-unsaturated/α-hetero) is 1. The van der Waals surface area contributed by atoms with Gasteiger partial charge in [-0.2, -0.15) is 0 Å². The zero-order chi connectivity index (χ0) is 18.7. The fraction of sp³-hybridized carbons (Fsp3) is 0.591. The van der Waals surface area contributed by atoms with Gasteiger partial charge < -0.3 is 14.4 Å². The maximum atomic E-state index is 12.9. The number of rotatable bonds is 3. The Morgan fingerprint density at radius 2 is 2.12 bits per heavy atom. The molecule has 0 N–H and O–H groups in total. The number of likely N-dealkylation sites (tertiary alicyclic amines) is 1. The van der Waals surface area contributed by atoms with Gasteiger partial charge in [-0.15, -0.1) is 0 Å². The predicted octanol–water partition coefficient (Wildman–Crippen LogP) is 3.22. The standard InChI is InChI=1S/C22H29NO3/c1-6-15-9-16(25-4)10-18-17(15)11-20-22(26-5)12-14(2)19(24)13-21(18,22)7-8-23(20)3/h6,9-10,14,20H,1,7-8,11-13H2,2-5H3/t14?,20-,21-,22-/m1/s1. The number of ether oxygens (including phenoxy) is 2. The molecule has 4 nitrogen and oxygen atoms in total. The Labute approximate surface area is 156 Å². The normalized spacial score (nSPS) is 36.2. The average Bonchev–Trinajstić information content (AvgIpc) is 2.65. The molecule has 1 aromatic carbocycles. The number of hydrogen-bond donors (Lipinski definition) is 0. The van der Waals surface area contributed by atoms with Crippen molar-refractivity contribution >= 4 is 11.9 Å². The van der Waals surface area contributed by atoms with Gasteiger partial charge in [0.2, 0.25) is 0 Å². The van der Waals surface area contributed by atoms with E-state index in [0.29, 0.717) is 12.2 Å². The Morgan fingerprint density at radius 3 is 2.77 bits per heavy atom. The van der Waals surface area contributed by atoms with Crippen molar-refractivity contribution < 1.29 is 14.3 Å². The van der Waals surface area contributed by atoms with Gasteiger partial charge in [0, 0.05) is 30.9 Å². The molecule has 4 rings (SSSR count). The van der Waals surface area contributed by atoms with E-state index in [9.17, 15) is 4.79 Å². The minimum absolute atomic E-state index is 0.0445. The molecule has 0 radical (unpaired) electrons. The molecule has 1 saturated heterocycles. The molecule has 1 aliphatic heterocycles. The Morgan fingerprint density at radius 1 is 1.35 bits per heavy atom. The van der Waals surface area contributed by atoms with Crippen LogP contribution in [0.15, 0.2) is 18.7 Å². The van der Waals surface area contributed by atoms with Crippen molar-refractivity contribution in [2.24, 2.45) is 5.92 Å². The van der Waals surface area contributed by atoms with E-state index in [2.05, 4.69) is 37.6 Å². The summed E-state index contributed by atoms with van der Waals surface area (Å²) in [5.74, 6) is 1.24. The molecular formula is C22H29NO3. The zero-order valence-electron chi connectivity index (χ0n) is 16.3. The third-order valence-corrected chi connectivity index (χ3v) is 7.40. The van der Waals surface area contributed by atoms with E-state index in [0.717, 1.165) is 37.1 Å². The highest BCUT2D eigenvalue weighted by atomic mass is 16.5. The molecule has 4 atom stereocenters. The van der Waals surface area contributed by atoms with Crippen molar-refractivity contribution in [2.75, 3.05) is 27.8 Å². The fourth-order valence-electron chi connectivity index (χ4n) is 6.03. The van der Waals surface area contributed by atoms with Crippen LogP contribution in [0.25, 0.3) is 6.08 Å². The van der Waals surface area contributed by atoms with E-state index >= 15 is 0 Å². The van der Waals surface area contributed by atoms with Crippen LogP contribution in [0.5, 0.6) is 5.75 Å². The Hall–Kier alpha value is -1.65. The highest BCUT2D eigenvalue weighted by Gasteiger charge is 2.66. The lowest BCUT2D eigenvalue weighted by atomic mass is 9.47. The Bertz CT molecular complexity index is 773. The summed E-state index contributed by atoms with van der Waals surface area (Å²) in [7, 11) is 5.73. The first kappa shape index (κ1) is 17.7. The quantitative estimate of drug-likeness (QED) is 0.834. The van der Waals surface area contributed by atoms with E-state index in [1.807, 2.05) is 13.2 Å². The lowest BCUT2D eigenvalue weighted by Gasteiger charge is -2.65. The van der Waals surface area contributed by atoms with Crippen LogP contribution < -0.4 is 4.74 Å². The third kappa shape index (κ3) is 2.06. The SMILES string of the molecule is C=Cc1cc(OC)cc2c1C[C@H]1N(C)CC[C@@]23CC(=O)C(C)C[C@@]13OC. The number of likely N-dealkylation sites (N-methyl/N-ethyl adjacent to an activating group) is 1. The van der Waals surface area contributed by atoms with Crippen LogP contribution in [0.3, 0.4) is 0 Å². The maximum Gasteiger partial charge on any atom is 0.136 e. The third-order valence-electron chi connectivity index (χ3n) is 7.40. The summed E-state index contributed by atoms with van der Waals surface area (Å²) in [6.45, 7) is 7.07. The van der Waals surface area contributed by atoms with Crippen molar-refractivity contribution in [1.29, 1.82) is 0 Å². The van der Waals surface area contributed by atoms with E-state index in [-0.39, 0.29) is 23.0 Å². The van der Waals surface area contributed by atoms with Crippen LogP contribution in [-0.4, -0.2) is 50.1 Å². The van der Waals surface area contributed by atoms with Crippen LogP contribution in [-0.2, 0) is 21.4 Å². The summed E-state index contributed by atoms with van der Waals surface area (Å²) >= 11 is 0. The Kier molecular flexibility index (Phi) is 4.05. The number of ketones is 1. The molecule has 26 heavy (non-hydrogen) atoms. The number of piperidine rings is 1. The molecule has 4 heteroatoms. The number of carbonyl (C=O) groups is 1. The van der Waals surface area contributed by atoms with Gasteiger partial charge in [-0.3, -0.25) is 4.79 Å². The molecule has 1 aromatic rings. The summed E-state index contributed by atoms with van der Waals surface area (Å²) < 4.78 is 12.0. The van der Waals surface area contributed by atoms with Crippen LogP contribution in [0.1, 0.15) is 42.9 Å². The van der Waals surface area contributed by atoms with Gasteiger partial charge >= 0.3 is 0 Å². The van der Waals surface area contributed by atoms with Gasteiger partial charge in [0.05, 0.1) is 12.7 Å². The van der Waals surface area contributed by atoms with Gasteiger partial charge in [-0.05, 0) is 61.7 Å². The first-order valence-electron chi connectivity index (χ1n) is 9.54. The van der Waals surface area contributed by atoms with Crippen molar-refractivity contribution in [3.63, 3.8) is 0 Å². The summed E-state index contributed by atoms with van der Waals surface area (Å²) in [5.41, 5.74) is 3.08. The summed E-state index contributed by atoms with van der Waals surface area (Å²) in [6, 6.07) is 4.49. The first-order valence-corrected chi connectivity index (χ1v) is 9.54. The number of benzene rings is 1. The summed E-state index contributed by atoms with van der Waals surface area (Å²) in [6.07, 6.45) is 5.12. The zero-order valence-corrected chi connectivity index (χ0v) is 16.3. The second-order valence-electron chi connectivity index (χ2n) is 8.32. The number of hydrogen-bond acceptors (Lipinski definition) is 4. The predicted molar refractivity (Wildman–Crippen MR) is 103 cm³/mol. The topological polar surface area (TPSA) is 38.8 Å². The molecule has 1 saturated carbocycles. The molecular weight excluding hydrogens is 326 g/mol. The Balaban J connectivity index is 2.03. The van der Waals surface area contributed by atoms with Crippen molar-refractivity contribution in [3.05, 3.63) is 35.4 Å². The second-order valence-corrected chi connectivity index (χ2v) is 8.32. The number of nitrogens with zero attached hydrogens (tertiary/aromatic N) is 1. The molecule has 2 aliphatic carbocycles. The maximum absolute atomic E-state index is 12.9. The summed E-state index contributed by atoms with van der Waals surface area (Å²) in [4.78, 5) is 15.3. The van der Waals surface area contributed by atoms with Crippen LogP contribution in [0.4, 0.5) is 0 Å². The van der Waals surface area contributed by atoms with Crippen molar-refractivity contribution in [3.8, 4) is 5.75 Å². The van der Waals surface area contributed by atoms with Crippen LogP contribution in [0, 0.1) is 5.92 Å². The van der Waals surface area contributed by atoms with Crippen molar-refractivity contribution in [1.82, 2.24) is 4.90 Å². The molecule has 1 heterocycles. The molecule has 0 spiro atoms. The molecule has 2 fully saturated rings. The number of carbonyl (C=O) groups excluding carboxylic acids is 1. The van der Waals surface area contributed by atoms with Gasteiger partial charge in [-0.1, -0.05) is 19.6 Å². The summed E-state index contributed by atoms with van der Waals surface area (Å²) in [5, 5.41) is 0. The molecule has 2 bridgehead atoms. The molecule has 0 aromatic heterocycles. The van der Waals surface area contributed by atoms with E-state index in [4.69, 9.17) is 9.47 Å². The minimum Gasteiger partial charge on any atom is -0.497 e. The largest absolute Gasteiger partial charge is 0.497 e. The van der Waals surface area contributed by atoms with Crippen LogP contribution in [0.2, 0.25) is 0 Å². The highest BCUT2D eigenvalue weighted by molar-refractivity contribution is 5.85. The number of methoxy groups -OCH3 is 2. The molecule has 140 valence electrons. The monoisotopic (exact) mass is 355 g/mol. The van der Waals surface area contributed by atoms with Gasteiger partial charge in [0.1, 0.15) is 11.5 Å². The molecule has 3 aliphatic rings. The molecule has 0 amide bonds. The molecule has 1 unspecified atom stereocenters. The van der Waals surface area contributed by atoms with Gasteiger partial charge in [0.15, 0.2) is 0 Å². The van der Waals surface area contributed by atoms with E-state index in [1.54, 1.807) is 7.11 Å². The van der Waals surface area contributed by atoms with Gasteiger partial charge in [-0.25, -0.2) is 0 Å². The van der Waals surface area contributed by atoms with Crippen molar-refractivity contribution in [2.45, 2.75) is 49.7 Å². The second kappa shape index (κ2) is 5.93. The smallest absolute Gasteiger partial charge is 0.136 e. The van der Waals surface area contributed by atoms with Crippen LogP contribution >= 0.6 is 0 Å². The highest BCUT2D eigenvalue weighted by Crippen LogP contribution is 2.60. The lowest BCUT2D eigenvalue weighted by Crippen LogP contribution is -2.74. The van der Waals surface area contributed by atoms with Gasteiger partial charge in [0.25, 0.3) is 0 Å². The fourth-order valence-corrected chi connectivity index (χ4v) is 6.03.